The number of methoxy groups -OCH3 is 1. The maximum absolute atomic E-state index is 13.2. The Morgan fingerprint density at radius 2 is 1.70 bits per heavy atom. The van der Waals surface area contributed by atoms with Crippen molar-refractivity contribution in [3.63, 3.8) is 0 Å². The van der Waals surface area contributed by atoms with Gasteiger partial charge in [0.2, 0.25) is 10.0 Å². The normalized spacial score (nSPS) is 17.0. The highest BCUT2D eigenvalue weighted by molar-refractivity contribution is 7.89. The first-order valence-electron chi connectivity index (χ1n) is 10.8. The third-order valence-corrected chi connectivity index (χ3v) is 8.01. The molecule has 0 unspecified atom stereocenters. The summed E-state index contributed by atoms with van der Waals surface area (Å²) < 4.78 is 63.1. The summed E-state index contributed by atoms with van der Waals surface area (Å²) in [4.78, 5) is 14.7. The molecule has 0 saturated carbocycles. The van der Waals surface area contributed by atoms with E-state index < -0.39 is 22.5 Å². The van der Waals surface area contributed by atoms with Crippen LogP contribution in [0.2, 0.25) is 0 Å². The van der Waals surface area contributed by atoms with E-state index in [4.69, 9.17) is 4.74 Å². The van der Waals surface area contributed by atoms with Crippen LogP contribution in [-0.4, -0.2) is 63.4 Å². The van der Waals surface area contributed by atoms with Crippen molar-refractivity contribution in [3.05, 3.63) is 53.1 Å². The van der Waals surface area contributed by atoms with Gasteiger partial charge in [0.15, 0.2) is 11.5 Å². The third kappa shape index (κ3) is 4.81. The first kappa shape index (κ1) is 23.4. The van der Waals surface area contributed by atoms with Crippen LogP contribution in [0.25, 0.3) is 0 Å². The number of nitrogens with zero attached hydrogens (tertiary/aromatic N) is 2. The minimum atomic E-state index is -3.69. The molecule has 4 rings (SSSR count). The van der Waals surface area contributed by atoms with Crippen LogP contribution in [0.5, 0.6) is 11.5 Å². The fourth-order valence-corrected chi connectivity index (χ4v) is 5.85. The van der Waals surface area contributed by atoms with E-state index in [2.05, 4.69) is 4.74 Å². The monoisotopic (exact) mass is 480 g/mol. The fourth-order valence-electron chi connectivity index (χ4n) is 4.38. The largest absolute Gasteiger partial charge is 0.493 e. The Balaban J connectivity index is 1.48. The number of halogens is 2. The van der Waals surface area contributed by atoms with Gasteiger partial charge in [-0.2, -0.15) is 13.1 Å². The molecule has 0 aromatic heterocycles. The minimum absolute atomic E-state index is 0.0229. The highest BCUT2D eigenvalue weighted by Gasteiger charge is 2.32. The average molecular weight is 481 g/mol. The number of hydrogen-bond donors (Lipinski definition) is 0. The number of aryl methyl sites for hydroxylation is 2. The van der Waals surface area contributed by atoms with Crippen LogP contribution < -0.4 is 9.47 Å². The number of carbonyl (C=O) groups is 1. The standard InChI is InChI=1S/C23H26F2N2O5S/c1-31-20-8-4-7-19(21(20)32-23(24)25)22(28)26-11-13-27(14-12-26)33(29,30)18-10-9-16-5-2-3-6-17(16)15-18/h4,7-10,15,23H,2-3,5-6,11-14H2,1H3. The SMILES string of the molecule is COc1cccc(C(=O)N2CCN(S(=O)(=O)c3ccc4c(c3)CCCC4)CC2)c1OC(F)F. The summed E-state index contributed by atoms with van der Waals surface area (Å²) in [5, 5.41) is 0. The Morgan fingerprint density at radius 3 is 2.36 bits per heavy atom. The number of fused-ring (bicyclic) bond motifs is 1. The summed E-state index contributed by atoms with van der Waals surface area (Å²) in [7, 11) is -2.39. The number of carbonyl (C=O) groups excluding carboxylic acids is 1. The molecule has 0 spiro atoms. The highest BCUT2D eigenvalue weighted by atomic mass is 32.2. The van der Waals surface area contributed by atoms with Crippen molar-refractivity contribution < 1.29 is 31.5 Å². The molecule has 0 N–H and O–H groups in total. The number of hydrogen-bond acceptors (Lipinski definition) is 5. The molecule has 7 nitrogen and oxygen atoms in total. The topological polar surface area (TPSA) is 76.2 Å². The van der Waals surface area contributed by atoms with Crippen LogP contribution >= 0.6 is 0 Å². The number of piperazine rings is 1. The molecule has 0 atom stereocenters. The van der Waals surface area contributed by atoms with E-state index in [0.29, 0.717) is 0 Å². The van der Waals surface area contributed by atoms with Crippen molar-refractivity contribution in [1.29, 1.82) is 0 Å². The Hall–Kier alpha value is -2.72. The zero-order valence-electron chi connectivity index (χ0n) is 18.3. The minimum Gasteiger partial charge on any atom is -0.493 e. The Bertz CT molecular complexity index is 1130. The number of sulfonamides is 1. The maximum atomic E-state index is 13.2. The molecule has 2 aromatic rings. The van der Waals surface area contributed by atoms with Crippen molar-refractivity contribution in [3.8, 4) is 11.5 Å². The van der Waals surface area contributed by atoms with Gasteiger partial charge in [-0.1, -0.05) is 12.1 Å². The van der Waals surface area contributed by atoms with Gasteiger partial charge in [-0.3, -0.25) is 4.79 Å². The lowest BCUT2D eigenvalue weighted by Gasteiger charge is -2.34. The second-order valence-electron chi connectivity index (χ2n) is 8.05. The number of ether oxygens (including phenoxy) is 2. The quantitative estimate of drug-likeness (QED) is 0.634. The van der Waals surface area contributed by atoms with Gasteiger partial charge in [0.1, 0.15) is 0 Å². The summed E-state index contributed by atoms with van der Waals surface area (Å²) in [5.41, 5.74) is 2.23. The second-order valence-corrected chi connectivity index (χ2v) is 9.99. The number of amides is 1. The molecule has 10 heteroatoms. The summed E-state index contributed by atoms with van der Waals surface area (Å²) in [6.45, 7) is -2.63. The second kappa shape index (κ2) is 9.64. The van der Waals surface area contributed by atoms with Gasteiger partial charge in [-0.15, -0.1) is 0 Å². The molecule has 1 heterocycles. The van der Waals surface area contributed by atoms with Crippen molar-refractivity contribution in [2.45, 2.75) is 37.2 Å². The van der Waals surface area contributed by atoms with Gasteiger partial charge >= 0.3 is 6.61 Å². The van der Waals surface area contributed by atoms with Crippen LogP contribution in [-0.2, 0) is 22.9 Å². The lowest BCUT2D eigenvalue weighted by atomic mass is 9.92. The predicted molar refractivity (Wildman–Crippen MR) is 117 cm³/mol. The molecular weight excluding hydrogens is 454 g/mol. The van der Waals surface area contributed by atoms with E-state index in [9.17, 15) is 22.0 Å². The van der Waals surface area contributed by atoms with Gasteiger partial charge in [0, 0.05) is 26.2 Å². The van der Waals surface area contributed by atoms with Gasteiger partial charge in [-0.05, 0) is 61.1 Å². The molecule has 2 aromatic carbocycles. The molecular formula is C23H26F2N2O5S. The molecule has 178 valence electrons. The molecule has 1 aliphatic carbocycles. The lowest BCUT2D eigenvalue weighted by molar-refractivity contribution is -0.0516. The van der Waals surface area contributed by atoms with E-state index >= 15 is 0 Å². The zero-order valence-corrected chi connectivity index (χ0v) is 19.1. The van der Waals surface area contributed by atoms with Crippen molar-refractivity contribution in [1.82, 2.24) is 9.21 Å². The van der Waals surface area contributed by atoms with Gasteiger partial charge in [0.05, 0.1) is 17.6 Å². The number of alkyl halides is 2. The van der Waals surface area contributed by atoms with Crippen LogP contribution in [0.3, 0.4) is 0 Å². The van der Waals surface area contributed by atoms with Gasteiger partial charge in [-0.25, -0.2) is 8.42 Å². The lowest BCUT2D eigenvalue weighted by Crippen LogP contribution is -2.50. The van der Waals surface area contributed by atoms with Crippen LogP contribution in [0, 0.1) is 0 Å². The van der Waals surface area contributed by atoms with Crippen molar-refractivity contribution in [2.75, 3.05) is 33.3 Å². The molecule has 1 amide bonds. The van der Waals surface area contributed by atoms with Gasteiger partial charge in [0.25, 0.3) is 5.91 Å². The van der Waals surface area contributed by atoms with Crippen LogP contribution in [0.15, 0.2) is 41.3 Å². The molecule has 0 bridgehead atoms. The highest BCUT2D eigenvalue weighted by Crippen LogP contribution is 2.34. The summed E-state index contributed by atoms with van der Waals surface area (Å²) in [6, 6.07) is 9.65. The van der Waals surface area contributed by atoms with Crippen LogP contribution in [0.4, 0.5) is 8.78 Å². The van der Waals surface area contributed by atoms with Crippen molar-refractivity contribution >= 4 is 15.9 Å². The van der Waals surface area contributed by atoms with E-state index in [1.54, 1.807) is 12.1 Å². The Kier molecular flexibility index (Phi) is 6.85. The van der Waals surface area contributed by atoms with Crippen LogP contribution in [0.1, 0.15) is 34.3 Å². The maximum Gasteiger partial charge on any atom is 0.387 e. The van der Waals surface area contributed by atoms with E-state index in [1.807, 2.05) is 6.07 Å². The molecule has 2 aliphatic rings. The molecule has 0 radical (unpaired) electrons. The smallest absolute Gasteiger partial charge is 0.387 e. The molecule has 33 heavy (non-hydrogen) atoms. The summed E-state index contributed by atoms with van der Waals surface area (Å²) in [5.74, 6) is -0.825. The van der Waals surface area contributed by atoms with Gasteiger partial charge < -0.3 is 14.4 Å². The average Bonchev–Trinajstić information content (AvgIpc) is 2.83. The third-order valence-electron chi connectivity index (χ3n) is 6.12. The molecule has 1 aliphatic heterocycles. The fraction of sp³-hybridized carbons (Fsp3) is 0.435. The Labute approximate surface area is 191 Å². The summed E-state index contributed by atoms with van der Waals surface area (Å²) >= 11 is 0. The predicted octanol–water partition coefficient (Wildman–Crippen LogP) is 3.32. The first-order valence-corrected chi connectivity index (χ1v) is 12.3. The molecule has 1 fully saturated rings. The Morgan fingerprint density at radius 1 is 1.00 bits per heavy atom. The number of benzene rings is 2. The summed E-state index contributed by atoms with van der Waals surface area (Å²) in [6.07, 6.45) is 4.02. The number of rotatable bonds is 6. The van der Waals surface area contributed by atoms with E-state index in [0.717, 1.165) is 31.2 Å². The van der Waals surface area contributed by atoms with E-state index in [1.165, 1.54) is 40.1 Å². The first-order chi connectivity index (χ1) is 15.8. The number of para-hydroxylation sites is 1. The van der Waals surface area contributed by atoms with Crippen molar-refractivity contribution in [2.24, 2.45) is 0 Å². The zero-order chi connectivity index (χ0) is 23.6. The van der Waals surface area contributed by atoms with E-state index in [-0.39, 0.29) is 48.1 Å². The molecule has 1 saturated heterocycles.